The lowest BCUT2D eigenvalue weighted by atomic mass is 10.1. The van der Waals surface area contributed by atoms with Crippen LogP contribution < -0.4 is 4.74 Å². The number of alkyl halides is 3. The summed E-state index contributed by atoms with van der Waals surface area (Å²) in [6, 6.07) is 6.59. The number of nitrogens with zero attached hydrogens (tertiary/aromatic N) is 2. The molecule has 1 heterocycles. The van der Waals surface area contributed by atoms with Crippen LogP contribution in [-0.4, -0.2) is 21.7 Å². The average Bonchev–Trinajstić information content (AvgIpc) is 2.41. The van der Waals surface area contributed by atoms with Crippen molar-refractivity contribution in [2.45, 2.75) is 12.6 Å². The summed E-state index contributed by atoms with van der Waals surface area (Å²) in [4.78, 5) is 7.01. The van der Waals surface area contributed by atoms with Gasteiger partial charge in [-0.25, -0.2) is 9.97 Å². The van der Waals surface area contributed by atoms with Crippen LogP contribution in [0, 0.1) is 0 Å². The smallest absolute Gasteiger partial charge is 0.419 e. The zero-order valence-electron chi connectivity index (χ0n) is 10.3. The first-order chi connectivity index (χ1) is 9.49. The maximum Gasteiger partial charge on any atom is 0.419 e. The van der Waals surface area contributed by atoms with E-state index in [0.29, 0.717) is 24.6 Å². The highest BCUT2D eigenvalue weighted by Crippen LogP contribution is 2.28. The van der Waals surface area contributed by atoms with E-state index in [1.165, 1.54) is 0 Å². The highest BCUT2D eigenvalue weighted by molar-refractivity contribution is 5.29. The van der Waals surface area contributed by atoms with E-state index in [1.807, 2.05) is 0 Å². The largest absolute Gasteiger partial charge is 0.424 e. The Morgan fingerprint density at radius 2 is 1.65 bits per heavy atom. The molecule has 0 aliphatic rings. The quantitative estimate of drug-likeness (QED) is 0.938. The third kappa shape index (κ3) is 3.67. The Kier molecular flexibility index (Phi) is 4.19. The van der Waals surface area contributed by atoms with Gasteiger partial charge in [0.2, 0.25) is 0 Å². The van der Waals surface area contributed by atoms with Crippen molar-refractivity contribution in [2.24, 2.45) is 0 Å². The third-order valence-corrected chi connectivity index (χ3v) is 2.49. The molecule has 1 N–H and O–H groups in total. The molecule has 0 atom stereocenters. The predicted molar refractivity (Wildman–Crippen MR) is 64.3 cm³/mol. The lowest BCUT2D eigenvalue weighted by molar-refractivity contribution is -0.138. The Labute approximate surface area is 112 Å². The molecule has 0 bridgehead atoms. The molecule has 0 aliphatic heterocycles. The van der Waals surface area contributed by atoms with Crippen molar-refractivity contribution in [1.29, 1.82) is 0 Å². The van der Waals surface area contributed by atoms with E-state index < -0.39 is 11.7 Å². The molecule has 1 aromatic carbocycles. The number of hydrogen-bond acceptors (Lipinski definition) is 4. The highest BCUT2D eigenvalue weighted by atomic mass is 19.4. The summed E-state index contributed by atoms with van der Waals surface area (Å²) in [5, 5.41) is 8.77. The fourth-order valence-electron chi connectivity index (χ4n) is 1.47. The van der Waals surface area contributed by atoms with Crippen LogP contribution in [0.5, 0.6) is 11.8 Å². The van der Waals surface area contributed by atoms with Gasteiger partial charge in [0.25, 0.3) is 0 Å². The number of aliphatic hydroxyl groups is 1. The number of rotatable bonds is 4. The number of benzene rings is 1. The van der Waals surface area contributed by atoms with E-state index in [9.17, 15) is 13.2 Å². The third-order valence-electron chi connectivity index (χ3n) is 2.49. The van der Waals surface area contributed by atoms with E-state index >= 15 is 0 Å². The first-order valence-electron chi connectivity index (χ1n) is 5.76. The average molecular weight is 284 g/mol. The van der Waals surface area contributed by atoms with Crippen LogP contribution in [0.3, 0.4) is 0 Å². The Bertz CT molecular complexity index is 553. The second kappa shape index (κ2) is 5.87. The number of ether oxygens (including phenoxy) is 1. The van der Waals surface area contributed by atoms with Gasteiger partial charge in [-0.05, 0) is 24.1 Å². The summed E-state index contributed by atoms with van der Waals surface area (Å²) in [6.07, 6.45) is -2.60. The van der Waals surface area contributed by atoms with Crippen LogP contribution in [0.1, 0.15) is 11.1 Å². The Balaban J connectivity index is 2.06. The summed E-state index contributed by atoms with van der Waals surface area (Å²) >= 11 is 0. The zero-order chi connectivity index (χ0) is 14.6. The van der Waals surface area contributed by atoms with Crippen molar-refractivity contribution >= 4 is 0 Å². The van der Waals surface area contributed by atoms with Gasteiger partial charge in [0.05, 0.1) is 5.56 Å². The van der Waals surface area contributed by atoms with E-state index in [1.54, 1.807) is 24.3 Å². The van der Waals surface area contributed by atoms with Gasteiger partial charge in [-0.3, -0.25) is 0 Å². The van der Waals surface area contributed by atoms with Crippen LogP contribution in [0.4, 0.5) is 13.2 Å². The van der Waals surface area contributed by atoms with E-state index in [4.69, 9.17) is 9.84 Å². The number of hydrogen-bond donors (Lipinski definition) is 1. The fourth-order valence-corrected chi connectivity index (χ4v) is 1.47. The molecule has 4 nitrogen and oxygen atoms in total. The first kappa shape index (κ1) is 14.3. The van der Waals surface area contributed by atoms with Gasteiger partial charge < -0.3 is 9.84 Å². The predicted octanol–water partition coefficient (Wildman–Crippen LogP) is 2.82. The molecule has 0 fully saturated rings. The molecule has 1 aromatic heterocycles. The minimum Gasteiger partial charge on any atom is -0.424 e. The summed E-state index contributed by atoms with van der Waals surface area (Å²) in [7, 11) is 0. The summed E-state index contributed by atoms with van der Waals surface area (Å²) in [6.45, 7) is 0.0439. The Morgan fingerprint density at radius 1 is 1.05 bits per heavy atom. The van der Waals surface area contributed by atoms with Gasteiger partial charge in [0.15, 0.2) is 0 Å². The minimum absolute atomic E-state index is 0.0439. The number of aliphatic hydroxyl groups excluding tert-OH is 1. The number of halogens is 3. The molecular weight excluding hydrogens is 273 g/mol. The van der Waals surface area contributed by atoms with Gasteiger partial charge in [0.1, 0.15) is 5.75 Å². The van der Waals surface area contributed by atoms with Crippen LogP contribution in [0.2, 0.25) is 0 Å². The van der Waals surface area contributed by atoms with Crippen molar-refractivity contribution in [2.75, 3.05) is 6.61 Å². The van der Waals surface area contributed by atoms with Crippen molar-refractivity contribution in [3.63, 3.8) is 0 Å². The topological polar surface area (TPSA) is 55.2 Å². The second-order valence-corrected chi connectivity index (χ2v) is 3.97. The summed E-state index contributed by atoms with van der Waals surface area (Å²) < 4.78 is 42.2. The Morgan fingerprint density at radius 3 is 2.15 bits per heavy atom. The van der Waals surface area contributed by atoms with Crippen molar-refractivity contribution in [1.82, 2.24) is 9.97 Å². The molecule has 0 aliphatic carbocycles. The molecule has 0 unspecified atom stereocenters. The fraction of sp³-hybridized carbons (Fsp3) is 0.231. The lowest BCUT2D eigenvalue weighted by Gasteiger charge is -2.07. The van der Waals surface area contributed by atoms with Gasteiger partial charge >= 0.3 is 12.2 Å². The van der Waals surface area contributed by atoms with Gasteiger partial charge in [0, 0.05) is 19.0 Å². The maximum absolute atomic E-state index is 12.3. The molecule has 0 radical (unpaired) electrons. The van der Waals surface area contributed by atoms with Gasteiger partial charge in [-0.2, -0.15) is 13.2 Å². The van der Waals surface area contributed by atoms with Gasteiger partial charge in [-0.1, -0.05) is 12.1 Å². The molecule has 0 saturated carbocycles. The standard InChI is InChI=1S/C13H11F3N2O2/c14-13(15,16)10-7-17-12(18-8-10)20-11-3-1-9(2-4-11)5-6-19/h1-4,7-8,19H,5-6H2. The summed E-state index contributed by atoms with van der Waals surface area (Å²) in [5.41, 5.74) is -0.00340. The van der Waals surface area contributed by atoms with Crippen LogP contribution >= 0.6 is 0 Å². The first-order valence-corrected chi connectivity index (χ1v) is 5.76. The molecule has 106 valence electrons. The van der Waals surface area contributed by atoms with E-state index in [-0.39, 0.29) is 12.6 Å². The van der Waals surface area contributed by atoms with Crippen LogP contribution in [0.25, 0.3) is 0 Å². The SMILES string of the molecule is OCCc1ccc(Oc2ncc(C(F)(F)F)cn2)cc1. The highest BCUT2D eigenvalue weighted by Gasteiger charge is 2.31. The molecule has 0 spiro atoms. The van der Waals surface area contributed by atoms with Crippen LogP contribution in [0.15, 0.2) is 36.7 Å². The second-order valence-electron chi connectivity index (χ2n) is 3.97. The van der Waals surface area contributed by atoms with E-state index in [2.05, 4.69) is 9.97 Å². The Hall–Kier alpha value is -2.15. The molecule has 2 aromatic rings. The molecule has 7 heteroatoms. The zero-order valence-corrected chi connectivity index (χ0v) is 10.3. The monoisotopic (exact) mass is 284 g/mol. The summed E-state index contributed by atoms with van der Waals surface area (Å²) in [5.74, 6) is 0.409. The molecule has 20 heavy (non-hydrogen) atoms. The van der Waals surface area contributed by atoms with Crippen molar-refractivity contribution in [3.05, 3.63) is 47.8 Å². The normalized spacial score (nSPS) is 11.4. The molecule has 2 rings (SSSR count). The van der Waals surface area contributed by atoms with Gasteiger partial charge in [-0.15, -0.1) is 0 Å². The number of aromatic nitrogens is 2. The van der Waals surface area contributed by atoms with Crippen molar-refractivity contribution < 1.29 is 23.0 Å². The van der Waals surface area contributed by atoms with E-state index in [0.717, 1.165) is 5.56 Å². The lowest BCUT2D eigenvalue weighted by Crippen LogP contribution is -2.06. The molecule has 0 saturated heterocycles. The van der Waals surface area contributed by atoms with Crippen LogP contribution in [-0.2, 0) is 12.6 Å². The molecular formula is C13H11F3N2O2. The van der Waals surface area contributed by atoms with Crippen molar-refractivity contribution in [3.8, 4) is 11.8 Å². The molecule has 0 amide bonds. The minimum atomic E-state index is -4.47. The maximum atomic E-state index is 12.3.